The Labute approximate surface area is 123 Å². The second-order valence-corrected chi connectivity index (χ2v) is 4.75. The van der Waals surface area contributed by atoms with Gasteiger partial charge in [-0.1, -0.05) is 18.2 Å². The molecule has 0 fully saturated rings. The van der Waals surface area contributed by atoms with Gasteiger partial charge in [-0.2, -0.15) is 5.10 Å². The molecule has 0 saturated carbocycles. The minimum absolute atomic E-state index is 0.666. The fraction of sp³-hybridized carbons (Fsp3) is 0.125. The largest absolute Gasteiger partial charge is 0.496 e. The molecule has 0 aliphatic heterocycles. The van der Waals surface area contributed by atoms with E-state index in [0.717, 1.165) is 28.1 Å². The Kier molecular flexibility index (Phi) is 3.55. The molecule has 0 amide bonds. The molecule has 0 spiro atoms. The highest BCUT2D eigenvalue weighted by Gasteiger charge is 2.08. The zero-order valence-corrected chi connectivity index (χ0v) is 11.7. The number of methoxy groups -OCH3 is 1. The fourth-order valence-electron chi connectivity index (χ4n) is 2.29. The van der Waals surface area contributed by atoms with Crippen molar-refractivity contribution in [1.82, 2.24) is 14.8 Å². The molecule has 0 aliphatic rings. The Hall–Kier alpha value is -2.82. The molecule has 2 N–H and O–H groups in total. The van der Waals surface area contributed by atoms with E-state index in [9.17, 15) is 0 Å². The summed E-state index contributed by atoms with van der Waals surface area (Å²) in [6.45, 7) is 0.666. The third kappa shape index (κ3) is 2.86. The van der Waals surface area contributed by atoms with Crippen molar-refractivity contribution in [3.63, 3.8) is 0 Å². The van der Waals surface area contributed by atoms with Crippen LogP contribution >= 0.6 is 0 Å². The summed E-state index contributed by atoms with van der Waals surface area (Å²) in [6, 6.07) is 13.9. The van der Waals surface area contributed by atoms with Crippen LogP contribution in [0.15, 0.2) is 55.1 Å². The third-order valence-electron chi connectivity index (χ3n) is 3.27. The van der Waals surface area contributed by atoms with Gasteiger partial charge in [-0.25, -0.2) is 9.67 Å². The van der Waals surface area contributed by atoms with E-state index >= 15 is 0 Å². The van der Waals surface area contributed by atoms with Gasteiger partial charge < -0.3 is 10.5 Å². The zero-order valence-electron chi connectivity index (χ0n) is 11.7. The van der Waals surface area contributed by atoms with Crippen molar-refractivity contribution in [3.05, 3.63) is 60.7 Å². The summed E-state index contributed by atoms with van der Waals surface area (Å²) >= 11 is 0. The summed E-state index contributed by atoms with van der Waals surface area (Å²) in [5, 5.41) is 4.12. The first-order valence-corrected chi connectivity index (χ1v) is 6.61. The van der Waals surface area contributed by atoms with E-state index in [2.05, 4.69) is 16.1 Å². The third-order valence-corrected chi connectivity index (χ3v) is 3.27. The Morgan fingerprint density at radius 2 is 2.10 bits per heavy atom. The molecule has 0 saturated heterocycles. The highest BCUT2D eigenvalue weighted by molar-refractivity contribution is 5.73. The molecule has 0 unspecified atom stereocenters. The molecule has 0 aliphatic carbocycles. The minimum Gasteiger partial charge on any atom is -0.496 e. The molecular weight excluding hydrogens is 264 g/mol. The van der Waals surface area contributed by atoms with Gasteiger partial charge in [-0.05, 0) is 35.4 Å². The average Bonchev–Trinajstić information content (AvgIpc) is 3.00. The monoisotopic (exact) mass is 280 g/mol. The van der Waals surface area contributed by atoms with Crippen LogP contribution in [0.25, 0.3) is 11.1 Å². The molecule has 21 heavy (non-hydrogen) atoms. The van der Waals surface area contributed by atoms with Gasteiger partial charge in [0, 0.05) is 11.3 Å². The number of ether oxygens (including phenoxy) is 1. The molecule has 3 rings (SSSR count). The molecule has 0 bridgehead atoms. The van der Waals surface area contributed by atoms with Gasteiger partial charge >= 0.3 is 0 Å². The maximum atomic E-state index is 5.87. The van der Waals surface area contributed by atoms with Crippen LogP contribution in [0.5, 0.6) is 5.75 Å². The Bertz CT molecular complexity index is 738. The molecule has 1 aromatic heterocycles. The van der Waals surface area contributed by atoms with Crippen LogP contribution < -0.4 is 10.5 Å². The predicted molar refractivity (Wildman–Crippen MR) is 82.0 cm³/mol. The minimum atomic E-state index is 0.666. The number of rotatable bonds is 4. The molecule has 106 valence electrons. The van der Waals surface area contributed by atoms with E-state index in [1.165, 1.54) is 6.33 Å². The smallest absolute Gasteiger partial charge is 0.137 e. The number of hydrogen-bond acceptors (Lipinski definition) is 4. The van der Waals surface area contributed by atoms with E-state index in [-0.39, 0.29) is 0 Å². The van der Waals surface area contributed by atoms with Crippen LogP contribution in [-0.2, 0) is 6.54 Å². The van der Waals surface area contributed by atoms with Crippen LogP contribution in [0.3, 0.4) is 0 Å². The number of nitrogens with zero attached hydrogens (tertiary/aromatic N) is 3. The van der Waals surface area contributed by atoms with E-state index in [1.807, 2.05) is 36.4 Å². The van der Waals surface area contributed by atoms with Crippen LogP contribution in [0.1, 0.15) is 5.56 Å². The van der Waals surface area contributed by atoms with Crippen molar-refractivity contribution in [2.24, 2.45) is 0 Å². The quantitative estimate of drug-likeness (QED) is 0.746. The normalized spacial score (nSPS) is 10.5. The number of hydrogen-bond donors (Lipinski definition) is 1. The summed E-state index contributed by atoms with van der Waals surface area (Å²) in [5.41, 5.74) is 9.78. The Morgan fingerprint density at radius 1 is 1.19 bits per heavy atom. The van der Waals surface area contributed by atoms with Gasteiger partial charge in [0.25, 0.3) is 0 Å². The number of aromatic nitrogens is 3. The van der Waals surface area contributed by atoms with E-state index < -0.39 is 0 Å². The van der Waals surface area contributed by atoms with E-state index in [0.29, 0.717) is 6.54 Å². The molecule has 2 aromatic carbocycles. The summed E-state index contributed by atoms with van der Waals surface area (Å²) in [5.74, 6) is 0.822. The SMILES string of the molecule is COc1ccc(Cn2cncn2)cc1-c1cccc(N)c1. The van der Waals surface area contributed by atoms with Crippen molar-refractivity contribution >= 4 is 5.69 Å². The lowest BCUT2D eigenvalue weighted by Crippen LogP contribution is -2.00. The lowest BCUT2D eigenvalue weighted by Gasteiger charge is -2.11. The van der Waals surface area contributed by atoms with Gasteiger partial charge in [0.15, 0.2) is 0 Å². The number of anilines is 1. The Morgan fingerprint density at radius 3 is 2.81 bits per heavy atom. The van der Waals surface area contributed by atoms with Gasteiger partial charge in [0.1, 0.15) is 18.4 Å². The van der Waals surface area contributed by atoms with Crippen molar-refractivity contribution < 1.29 is 4.74 Å². The molecule has 0 radical (unpaired) electrons. The number of benzene rings is 2. The van der Waals surface area contributed by atoms with Crippen LogP contribution in [0, 0.1) is 0 Å². The fourth-order valence-corrected chi connectivity index (χ4v) is 2.29. The first-order chi connectivity index (χ1) is 10.3. The molecular formula is C16H16N4O. The molecule has 5 heteroatoms. The summed E-state index contributed by atoms with van der Waals surface area (Å²) in [4.78, 5) is 3.95. The second kappa shape index (κ2) is 5.66. The maximum Gasteiger partial charge on any atom is 0.137 e. The maximum absolute atomic E-state index is 5.87. The summed E-state index contributed by atoms with van der Waals surface area (Å²) in [6.07, 6.45) is 3.23. The number of nitrogens with two attached hydrogens (primary N) is 1. The van der Waals surface area contributed by atoms with Gasteiger partial charge in [-0.15, -0.1) is 0 Å². The van der Waals surface area contributed by atoms with Crippen LogP contribution in [0.2, 0.25) is 0 Å². The molecule has 0 atom stereocenters. The average molecular weight is 280 g/mol. The van der Waals surface area contributed by atoms with Crippen molar-refractivity contribution in [2.75, 3.05) is 12.8 Å². The van der Waals surface area contributed by atoms with Gasteiger partial charge in [0.2, 0.25) is 0 Å². The second-order valence-electron chi connectivity index (χ2n) is 4.75. The molecule has 5 nitrogen and oxygen atoms in total. The summed E-state index contributed by atoms with van der Waals surface area (Å²) in [7, 11) is 1.67. The van der Waals surface area contributed by atoms with Gasteiger partial charge in [0.05, 0.1) is 13.7 Å². The highest BCUT2D eigenvalue weighted by atomic mass is 16.5. The summed E-state index contributed by atoms with van der Waals surface area (Å²) < 4.78 is 7.24. The van der Waals surface area contributed by atoms with Crippen molar-refractivity contribution in [3.8, 4) is 16.9 Å². The van der Waals surface area contributed by atoms with E-state index in [4.69, 9.17) is 10.5 Å². The van der Waals surface area contributed by atoms with Crippen LogP contribution in [0.4, 0.5) is 5.69 Å². The number of nitrogen functional groups attached to an aromatic ring is 1. The van der Waals surface area contributed by atoms with Crippen molar-refractivity contribution in [2.45, 2.75) is 6.54 Å². The first kappa shape index (κ1) is 13.2. The first-order valence-electron chi connectivity index (χ1n) is 6.61. The van der Waals surface area contributed by atoms with Gasteiger partial charge in [-0.3, -0.25) is 0 Å². The van der Waals surface area contributed by atoms with Crippen LogP contribution in [-0.4, -0.2) is 21.9 Å². The van der Waals surface area contributed by atoms with E-state index in [1.54, 1.807) is 18.1 Å². The Balaban J connectivity index is 2.01. The van der Waals surface area contributed by atoms with Crippen molar-refractivity contribution in [1.29, 1.82) is 0 Å². The lowest BCUT2D eigenvalue weighted by molar-refractivity contribution is 0.416. The topological polar surface area (TPSA) is 66.0 Å². The lowest BCUT2D eigenvalue weighted by atomic mass is 10.0. The standard InChI is InChI=1S/C16H16N4O/c1-21-16-6-5-12(9-20-11-18-10-19-20)7-15(16)13-3-2-4-14(17)8-13/h2-8,10-11H,9,17H2,1H3. The molecule has 3 aromatic rings. The molecule has 1 heterocycles. The zero-order chi connectivity index (χ0) is 14.7. The highest BCUT2D eigenvalue weighted by Crippen LogP contribution is 2.32. The predicted octanol–water partition coefficient (Wildman–Crippen LogP) is 2.58.